The predicted octanol–water partition coefficient (Wildman–Crippen LogP) is 18.8. The Bertz CT molecular complexity index is 4310. The SMILES string of the molecule is c1ccc(C(=C2c3ccccc3-c3ccc(N(c4ccc5c(c4)C(c4ccccc4)(c4ccccc4)c4ccccc4-5)c4ccc5c(c4)c4ccccc4n5-c4ccc5ccccc5c4)cc32)c2ccccc2)cc1. The molecule has 1 aromatic heterocycles. The van der Waals surface area contributed by atoms with E-state index in [0.717, 1.165) is 28.3 Å². The van der Waals surface area contributed by atoms with E-state index in [9.17, 15) is 0 Å². The van der Waals surface area contributed by atoms with Crippen LogP contribution in [0.25, 0.3) is 71.7 Å². The Labute approximate surface area is 437 Å². The second kappa shape index (κ2) is 17.2. The zero-order chi connectivity index (χ0) is 49.5. The molecule has 0 fully saturated rings. The van der Waals surface area contributed by atoms with E-state index in [0.29, 0.717) is 0 Å². The number of rotatable bonds is 8. The van der Waals surface area contributed by atoms with Gasteiger partial charge in [-0.3, -0.25) is 0 Å². The standard InChI is InChI=1S/C73H48N2/c1-5-22-50(23-6-1)71(51-24-7-2-8-25-51)72-64-34-16-15-31-59(64)60-42-39-56(47-66(60)72)74(57-41-44-70-65(46-57)63-33-18-20-36-69(63)75(70)55-38-37-49-21-13-14-26-52(49)45-55)58-40-43-62-61-32-17-19-35-67(61)73(68(62)48-58,53-27-9-3-10-28-53)54-29-11-4-12-30-54/h1-48H. The number of hydrogen-bond acceptors (Lipinski definition) is 1. The minimum atomic E-state index is -0.566. The molecule has 0 saturated heterocycles. The number of anilines is 3. The Morgan fingerprint density at radius 2 is 0.813 bits per heavy atom. The highest BCUT2D eigenvalue weighted by molar-refractivity contribution is 6.15. The van der Waals surface area contributed by atoms with E-state index in [1.54, 1.807) is 0 Å². The Kier molecular flexibility index (Phi) is 9.83. The molecule has 0 bridgehead atoms. The Balaban J connectivity index is 1.01. The molecule has 13 aromatic rings. The molecular formula is C73H48N2. The second-order valence-electron chi connectivity index (χ2n) is 19.9. The van der Waals surface area contributed by atoms with Gasteiger partial charge in [-0.2, -0.15) is 0 Å². The first-order chi connectivity index (χ1) is 37.2. The van der Waals surface area contributed by atoms with E-state index >= 15 is 0 Å². The molecule has 2 aliphatic carbocycles. The fourth-order valence-corrected chi connectivity index (χ4v) is 12.8. The fourth-order valence-electron chi connectivity index (χ4n) is 12.8. The van der Waals surface area contributed by atoms with Crippen LogP contribution in [-0.4, -0.2) is 4.57 Å². The van der Waals surface area contributed by atoms with E-state index in [-0.39, 0.29) is 0 Å². The van der Waals surface area contributed by atoms with Gasteiger partial charge >= 0.3 is 0 Å². The van der Waals surface area contributed by atoms with Crippen LogP contribution in [0.4, 0.5) is 17.1 Å². The maximum atomic E-state index is 2.51. The smallest absolute Gasteiger partial charge is 0.0714 e. The highest BCUT2D eigenvalue weighted by Gasteiger charge is 2.46. The molecule has 2 aliphatic rings. The van der Waals surface area contributed by atoms with Crippen LogP contribution in [0.3, 0.4) is 0 Å². The summed E-state index contributed by atoms with van der Waals surface area (Å²) in [6.45, 7) is 0. The summed E-state index contributed by atoms with van der Waals surface area (Å²) in [6.07, 6.45) is 0. The minimum Gasteiger partial charge on any atom is -0.310 e. The van der Waals surface area contributed by atoms with Crippen molar-refractivity contribution in [3.05, 3.63) is 336 Å². The van der Waals surface area contributed by atoms with Gasteiger partial charge in [-0.25, -0.2) is 0 Å². The molecule has 15 rings (SSSR count). The molecule has 0 unspecified atom stereocenters. The summed E-state index contributed by atoms with van der Waals surface area (Å²) in [5.74, 6) is 0. The number of nitrogens with zero attached hydrogens (tertiary/aromatic N) is 2. The van der Waals surface area contributed by atoms with Crippen LogP contribution in [0.5, 0.6) is 0 Å². The van der Waals surface area contributed by atoms with E-state index in [4.69, 9.17) is 0 Å². The van der Waals surface area contributed by atoms with Crippen LogP contribution >= 0.6 is 0 Å². The van der Waals surface area contributed by atoms with Gasteiger partial charge in [-0.15, -0.1) is 0 Å². The van der Waals surface area contributed by atoms with E-state index in [1.165, 1.54) is 105 Å². The molecule has 0 amide bonds. The van der Waals surface area contributed by atoms with E-state index < -0.39 is 5.41 Å². The van der Waals surface area contributed by atoms with Crippen molar-refractivity contribution in [2.75, 3.05) is 4.90 Å². The molecule has 0 atom stereocenters. The van der Waals surface area contributed by atoms with Gasteiger partial charge in [0.25, 0.3) is 0 Å². The Morgan fingerprint density at radius 3 is 1.53 bits per heavy atom. The van der Waals surface area contributed by atoms with E-state index in [1.807, 2.05) is 0 Å². The summed E-state index contributed by atoms with van der Waals surface area (Å²) < 4.78 is 2.43. The lowest BCUT2D eigenvalue weighted by Gasteiger charge is -2.35. The summed E-state index contributed by atoms with van der Waals surface area (Å²) >= 11 is 0. The molecule has 0 N–H and O–H groups in total. The summed E-state index contributed by atoms with van der Waals surface area (Å²) in [5, 5.41) is 4.86. The van der Waals surface area contributed by atoms with Gasteiger partial charge in [-0.1, -0.05) is 231 Å². The van der Waals surface area contributed by atoms with Crippen LogP contribution in [0.2, 0.25) is 0 Å². The fraction of sp³-hybridized carbons (Fsp3) is 0.0137. The van der Waals surface area contributed by atoms with Crippen molar-refractivity contribution in [2.24, 2.45) is 0 Å². The molecule has 0 saturated carbocycles. The summed E-state index contributed by atoms with van der Waals surface area (Å²) in [7, 11) is 0. The molecule has 12 aromatic carbocycles. The van der Waals surface area contributed by atoms with Crippen molar-refractivity contribution in [1.29, 1.82) is 0 Å². The zero-order valence-electron chi connectivity index (χ0n) is 41.1. The third-order valence-corrected chi connectivity index (χ3v) is 16.0. The molecule has 1 heterocycles. The maximum absolute atomic E-state index is 2.51. The molecule has 2 heteroatoms. The normalized spacial score (nSPS) is 12.9. The van der Waals surface area contributed by atoms with Crippen molar-refractivity contribution < 1.29 is 0 Å². The largest absolute Gasteiger partial charge is 0.310 e. The summed E-state index contributed by atoms with van der Waals surface area (Å²) in [6, 6.07) is 108. The third-order valence-electron chi connectivity index (χ3n) is 16.0. The average molecular weight is 953 g/mol. The highest BCUT2D eigenvalue weighted by atomic mass is 15.1. The molecular weight excluding hydrogens is 905 g/mol. The van der Waals surface area contributed by atoms with Crippen LogP contribution < -0.4 is 4.90 Å². The minimum absolute atomic E-state index is 0.566. The first kappa shape index (κ1) is 42.9. The Morgan fingerprint density at radius 1 is 0.307 bits per heavy atom. The molecule has 2 nitrogen and oxygen atoms in total. The van der Waals surface area contributed by atoms with Gasteiger partial charge < -0.3 is 9.47 Å². The lowest BCUT2D eigenvalue weighted by molar-refractivity contribution is 0.768. The molecule has 75 heavy (non-hydrogen) atoms. The first-order valence-electron chi connectivity index (χ1n) is 26.0. The number of aromatic nitrogens is 1. The monoisotopic (exact) mass is 952 g/mol. The van der Waals surface area contributed by atoms with Crippen LogP contribution in [-0.2, 0) is 5.41 Å². The van der Waals surface area contributed by atoms with Crippen LogP contribution in [0.15, 0.2) is 291 Å². The number of para-hydroxylation sites is 1. The predicted molar refractivity (Wildman–Crippen MR) is 314 cm³/mol. The van der Waals surface area contributed by atoms with Gasteiger partial charge in [0.05, 0.1) is 16.4 Å². The van der Waals surface area contributed by atoms with Gasteiger partial charge in [0.15, 0.2) is 0 Å². The summed E-state index contributed by atoms with van der Waals surface area (Å²) in [5.41, 5.74) is 23.5. The molecule has 0 radical (unpaired) electrons. The van der Waals surface area contributed by atoms with E-state index in [2.05, 4.69) is 301 Å². The third kappa shape index (κ3) is 6.60. The number of fused-ring (bicyclic) bond motifs is 10. The van der Waals surface area contributed by atoms with Gasteiger partial charge in [0.1, 0.15) is 0 Å². The molecule has 350 valence electrons. The Hall–Kier alpha value is -9.76. The van der Waals surface area contributed by atoms with Crippen molar-refractivity contribution in [1.82, 2.24) is 4.57 Å². The number of benzene rings is 12. The van der Waals surface area contributed by atoms with Crippen molar-refractivity contribution in [2.45, 2.75) is 5.41 Å². The lowest BCUT2D eigenvalue weighted by atomic mass is 9.67. The quantitative estimate of drug-likeness (QED) is 0.147. The first-order valence-corrected chi connectivity index (χ1v) is 26.0. The lowest BCUT2D eigenvalue weighted by Crippen LogP contribution is -2.28. The van der Waals surface area contributed by atoms with Gasteiger partial charge in [0, 0.05) is 33.5 Å². The molecule has 0 spiro atoms. The van der Waals surface area contributed by atoms with Crippen LogP contribution in [0, 0.1) is 0 Å². The average Bonchev–Trinajstić information content (AvgIpc) is 4.25. The van der Waals surface area contributed by atoms with Gasteiger partial charge in [0.2, 0.25) is 0 Å². The van der Waals surface area contributed by atoms with Crippen LogP contribution in [0.1, 0.15) is 44.5 Å². The highest BCUT2D eigenvalue weighted by Crippen LogP contribution is 2.58. The van der Waals surface area contributed by atoms with Crippen molar-refractivity contribution >= 4 is 60.8 Å². The zero-order valence-corrected chi connectivity index (χ0v) is 41.1. The summed E-state index contributed by atoms with van der Waals surface area (Å²) in [4.78, 5) is 2.51. The van der Waals surface area contributed by atoms with Crippen molar-refractivity contribution in [3.8, 4) is 27.9 Å². The second-order valence-corrected chi connectivity index (χ2v) is 19.9. The molecule has 0 aliphatic heterocycles. The number of hydrogen-bond donors (Lipinski definition) is 0. The van der Waals surface area contributed by atoms with Gasteiger partial charge in [-0.05, 0) is 149 Å². The van der Waals surface area contributed by atoms with Crippen molar-refractivity contribution in [3.63, 3.8) is 0 Å². The topological polar surface area (TPSA) is 8.17 Å². The maximum Gasteiger partial charge on any atom is 0.0714 e.